The summed E-state index contributed by atoms with van der Waals surface area (Å²) in [7, 11) is 0. The Morgan fingerprint density at radius 3 is 2.56 bits per heavy atom. The molecule has 5 rings (SSSR count). The van der Waals surface area contributed by atoms with E-state index in [1.54, 1.807) is 0 Å². The molecule has 3 aromatic rings. The molecule has 164 valence electrons. The second-order valence-corrected chi connectivity index (χ2v) is 8.82. The third kappa shape index (κ3) is 3.93. The van der Waals surface area contributed by atoms with E-state index in [9.17, 15) is 9.59 Å². The maximum Gasteiger partial charge on any atom is 0.253 e. The third-order valence-electron chi connectivity index (χ3n) is 6.53. The van der Waals surface area contributed by atoms with E-state index < -0.39 is 0 Å². The molecule has 6 nitrogen and oxygen atoms in total. The van der Waals surface area contributed by atoms with Crippen molar-refractivity contribution in [3.8, 4) is 5.69 Å². The van der Waals surface area contributed by atoms with Crippen LogP contribution < -0.4 is 5.32 Å². The molecule has 32 heavy (non-hydrogen) atoms. The number of aryl methyl sites for hydroxylation is 2. The average molecular weight is 429 g/mol. The van der Waals surface area contributed by atoms with Crippen LogP contribution in [-0.4, -0.2) is 39.6 Å². The van der Waals surface area contributed by atoms with E-state index in [2.05, 4.69) is 5.32 Å². The van der Waals surface area contributed by atoms with Crippen LogP contribution in [0, 0.1) is 12.8 Å². The van der Waals surface area contributed by atoms with Gasteiger partial charge in [-0.1, -0.05) is 35.9 Å². The van der Waals surface area contributed by atoms with Crippen molar-refractivity contribution >= 4 is 17.6 Å². The summed E-state index contributed by atoms with van der Waals surface area (Å²) in [4.78, 5) is 28.1. The van der Waals surface area contributed by atoms with E-state index in [0.717, 1.165) is 60.4 Å². The van der Waals surface area contributed by atoms with E-state index in [1.165, 1.54) is 0 Å². The second kappa shape index (κ2) is 8.61. The number of nitrogens with one attached hydrogen (secondary N) is 1. The van der Waals surface area contributed by atoms with Gasteiger partial charge in [0.1, 0.15) is 5.82 Å². The molecule has 0 spiro atoms. The fourth-order valence-electron chi connectivity index (χ4n) is 4.75. The molecule has 1 N–H and O–H groups in total. The molecule has 2 aromatic carbocycles. The smallest absolute Gasteiger partial charge is 0.253 e. The molecule has 2 aliphatic rings. The minimum atomic E-state index is -0.227. The summed E-state index contributed by atoms with van der Waals surface area (Å²) in [6.07, 6.45) is 4.55. The molecule has 1 aliphatic heterocycles. The fraction of sp³-hybridized carbons (Fsp3) is 0.346. The van der Waals surface area contributed by atoms with Gasteiger partial charge in [-0.25, -0.2) is 4.68 Å². The highest BCUT2D eigenvalue weighted by atomic mass is 16.2. The lowest BCUT2D eigenvalue weighted by atomic mass is 9.96. The van der Waals surface area contributed by atoms with Crippen LogP contribution in [0.5, 0.6) is 0 Å². The number of para-hydroxylation sites is 1. The van der Waals surface area contributed by atoms with Crippen molar-refractivity contribution in [2.24, 2.45) is 5.92 Å². The summed E-state index contributed by atoms with van der Waals surface area (Å²) in [5, 5.41) is 7.98. The summed E-state index contributed by atoms with van der Waals surface area (Å²) < 4.78 is 1.86. The van der Waals surface area contributed by atoms with Crippen molar-refractivity contribution in [3.63, 3.8) is 0 Å². The Hall–Kier alpha value is -3.41. The lowest BCUT2D eigenvalue weighted by Gasteiger charge is -2.32. The number of amides is 2. The standard InChI is InChI=1S/C26H28N4O2/c1-18-12-14-19(15-13-18)26(32)29-16-6-7-20(17-29)25(31)27-24-22-10-5-11-23(22)28-30(24)21-8-3-2-4-9-21/h2-4,8-9,12-15,20H,5-7,10-11,16-17H2,1H3,(H,27,31)/t20-/m0/s1. The summed E-state index contributed by atoms with van der Waals surface area (Å²) in [6.45, 7) is 3.14. The third-order valence-corrected chi connectivity index (χ3v) is 6.53. The molecule has 1 atom stereocenters. The lowest BCUT2D eigenvalue weighted by molar-refractivity contribution is -0.121. The molecule has 0 radical (unpaired) electrons. The fourth-order valence-corrected chi connectivity index (χ4v) is 4.75. The van der Waals surface area contributed by atoms with E-state index in [4.69, 9.17) is 5.10 Å². The van der Waals surface area contributed by atoms with Crippen molar-refractivity contribution in [1.29, 1.82) is 0 Å². The van der Waals surface area contributed by atoms with Crippen LogP contribution in [0.1, 0.15) is 46.4 Å². The van der Waals surface area contributed by atoms with E-state index in [1.807, 2.05) is 71.1 Å². The predicted molar refractivity (Wildman–Crippen MR) is 124 cm³/mol. The van der Waals surface area contributed by atoms with Gasteiger partial charge in [-0.3, -0.25) is 9.59 Å². The first-order valence-electron chi connectivity index (χ1n) is 11.4. The molecule has 2 amide bonds. The van der Waals surface area contributed by atoms with Gasteiger partial charge in [0, 0.05) is 24.2 Å². The molecule has 0 unspecified atom stereocenters. The minimum absolute atomic E-state index is 0.00211. The van der Waals surface area contributed by atoms with E-state index in [0.29, 0.717) is 18.7 Å². The number of fused-ring (bicyclic) bond motifs is 1. The molecule has 2 heterocycles. The van der Waals surface area contributed by atoms with Crippen molar-refractivity contribution < 1.29 is 9.59 Å². The maximum absolute atomic E-state index is 13.3. The van der Waals surface area contributed by atoms with Gasteiger partial charge in [0.15, 0.2) is 0 Å². The molecule has 1 fully saturated rings. The number of likely N-dealkylation sites (tertiary alicyclic amines) is 1. The Morgan fingerprint density at radius 2 is 1.78 bits per heavy atom. The van der Waals surface area contributed by atoms with Crippen LogP contribution in [0.3, 0.4) is 0 Å². The summed E-state index contributed by atoms with van der Waals surface area (Å²) in [5.74, 6) is 0.529. The topological polar surface area (TPSA) is 67.2 Å². The van der Waals surface area contributed by atoms with E-state index >= 15 is 0 Å². The van der Waals surface area contributed by atoms with Crippen molar-refractivity contribution in [2.45, 2.75) is 39.0 Å². The minimum Gasteiger partial charge on any atom is -0.338 e. The van der Waals surface area contributed by atoms with Crippen LogP contribution >= 0.6 is 0 Å². The quantitative estimate of drug-likeness (QED) is 0.679. The summed E-state index contributed by atoms with van der Waals surface area (Å²) in [6, 6.07) is 17.6. The number of hydrogen-bond donors (Lipinski definition) is 1. The van der Waals surface area contributed by atoms with Crippen LogP contribution in [0.2, 0.25) is 0 Å². The van der Waals surface area contributed by atoms with Gasteiger partial charge in [-0.05, 0) is 63.3 Å². The van der Waals surface area contributed by atoms with Gasteiger partial charge >= 0.3 is 0 Å². The number of aromatic nitrogens is 2. The maximum atomic E-state index is 13.3. The Kier molecular flexibility index (Phi) is 5.52. The summed E-state index contributed by atoms with van der Waals surface area (Å²) in [5.41, 5.74) is 4.96. The first-order valence-corrected chi connectivity index (χ1v) is 11.4. The highest BCUT2D eigenvalue weighted by molar-refractivity contribution is 5.96. The van der Waals surface area contributed by atoms with Gasteiger partial charge in [-0.15, -0.1) is 0 Å². The molecular formula is C26H28N4O2. The Bertz CT molecular complexity index is 1130. The summed E-state index contributed by atoms with van der Waals surface area (Å²) >= 11 is 0. The number of rotatable bonds is 4. The number of carbonyl (C=O) groups excluding carboxylic acids is 2. The zero-order chi connectivity index (χ0) is 22.1. The first kappa shape index (κ1) is 20.5. The number of anilines is 1. The Labute approximate surface area is 188 Å². The van der Waals surface area contributed by atoms with E-state index in [-0.39, 0.29) is 17.7 Å². The molecule has 1 aliphatic carbocycles. The second-order valence-electron chi connectivity index (χ2n) is 8.82. The molecule has 0 saturated carbocycles. The molecule has 0 bridgehead atoms. The number of benzene rings is 2. The van der Waals surface area contributed by atoms with Crippen LogP contribution in [0.25, 0.3) is 5.69 Å². The molecule has 1 saturated heterocycles. The van der Waals surface area contributed by atoms with Crippen LogP contribution in [-0.2, 0) is 17.6 Å². The van der Waals surface area contributed by atoms with Crippen molar-refractivity contribution in [3.05, 3.63) is 77.0 Å². The van der Waals surface area contributed by atoms with Gasteiger partial charge in [0.25, 0.3) is 5.91 Å². The number of nitrogens with zero attached hydrogens (tertiary/aromatic N) is 3. The normalized spacial score (nSPS) is 17.8. The molecule has 1 aromatic heterocycles. The molecular weight excluding hydrogens is 400 g/mol. The lowest BCUT2D eigenvalue weighted by Crippen LogP contribution is -2.44. The first-order chi connectivity index (χ1) is 15.6. The number of carbonyl (C=O) groups is 2. The van der Waals surface area contributed by atoms with Gasteiger partial charge in [-0.2, -0.15) is 5.10 Å². The van der Waals surface area contributed by atoms with Crippen LogP contribution in [0.15, 0.2) is 54.6 Å². The van der Waals surface area contributed by atoms with Gasteiger partial charge in [0.2, 0.25) is 5.91 Å². The monoisotopic (exact) mass is 428 g/mol. The van der Waals surface area contributed by atoms with Crippen molar-refractivity contribution in [1.82, 2.24) is 14.7 Å². The number of hydrogen-bond acceptors (Lipinski definition) is 3. The number of piperidine rings is 1. The predicted octanol–water partition coefficient (Wildman–Crippen LogP) is 4.16. The molecule has 6 heteroatoms. The zero-order valence-electron chi connectivity index (χ0n) is 18.4. The highest BCUT2D eigenvalue weighted by Gasteiger charge is 2.31. The largest absolute Gasteiger partial charge is 0.338 e. The SMILES string of the molecule is Cc1ccc(C(=O)N2CCC[C@H](C(=O)Nc3c4c(nn3-c3ccccc3)CCC4)C2)cc1. The highest BCUT2D eigenvalue weighted by Crippen LogP contribution is 2.32. The zero-order valence-corrected chi connectivity index (χ0v) is 18.4. The van der Waals surface area contributed by atoms with Gasteiger partial charge < -0.3 is 10.2 Å². The van der Waals surface area contributed by atoms with Crippen molar-refractivity contribution in [2.75, 3.05) is 18.4 Å². The van der Waals surface area contributed by atoms with Crippen LogP contribution in [0.4, 0.5) is 5.82 Å². The Morgan fingerprint density at radius 1 is 1.00 bits per heavy atom. The van der Waals surface area contributed by atoms with Gasteiger partial charge in [0.05, 0.1) is 17.3 Å². The average Bonchev–Trinajstić information content (AvgIpc) is 3.42. The Balaban J connectivity index is 1.34.